The standard InChI is InChI=1S/C24H25NO3/c1-17-4-6-18(7-5-17)23(25-20-10-14-22(28-3)15-11-20)16-24(26)19-8-12-21(27-2)13-9-19/h4-15,23,25H,16H2,1-3H3. The maximum atomic E-state index is 12.9. The van der Waals surface area contributed by atoms with Crippen molar-refractivity contribution in [3.63, 3.8) is 0 Å². The second-order valence-corrected chi connectivity index (χ2v) is 6.69. The first kappa shape index (κ1) is 19.5. The zero-order valence-electron chi connectivity index (χ0n) is 16.4. The average Bonchev–Trinajstić information content (AvgIpc) is 2.74. The minimum Gasteiger partial charge on any atom is -0.497 e. The molecule has 0 aliphatic carbocycles. The summed E-state index contributed by atoms with van der Waals surface area (Å²) < 4.78 is 10.4. The van der Waals surface area contributed by atoms with Crippen LogP contribution in [0.2, 0.25) is 0 Å². The van der Waals surface area contributed by atoms with E-state index in [2.05, 4.69) is 36.5 Å². The molecule has 1 unspecified atom stereocenters. The van der Waals surface area contributed by atoms with Crippen molar-refractivity contribution in [1.82, 2.24) is 0 Å². The monoisotopic (exact) mass is 375 g/mol. The summed E-state index contributed by atoms with van der Waals surface area (Å²) in [6.45, 7) is 2.05. The highest BCUT2D eigenvalue weighted by Crippen LogP contribution is 2.26. The molecule has 3 aromatic rings. The molecule has 0 bridgehead atoms. The van der Waals surface area contributed by atoms with Gasteiger partial charge in [0.2, 0.25) is 0 Å². The molecule has 3 aromatic carbocycles. The first-order valence-electron chi connectivity index (χ1n) is 9.23. The number of carbonyl (C=O) groups is 1. The fourth-order valence-corrected chi connectivity index (χ4v) is 3.02. The van der Waals surface area contributed by atoms with Crippen LogP contribution in [0.15, 0.2) is 72.8 Å². The van der Waals surface area contributed by atoms with Crippen LogP contribution in [0.4, 0.5) is 5.69 Å². The Bertz CT molecular complexity index is 900. The van der Waals surface area contributed by atoms with Crippen molar-refractivity contribution in [3.8, 4) is 11.5 Å². The maximum absolute atomic E-state index is 12.9. The van der Waals surface area contributed by atoms with Gasteiger partial charge in [-0.2, -0.15) is 0 Å². The Balaban J connectivity index is 1.82. The number of Topliss-reactive ketones (excluding diaryl/α,β-unsaturated/α-hetero) is 1. The second-order valence-electron chi connectivity index (χ2n) is 6.69. The lowest BCUT2D eigenvalue weighted by atomic mass is 9.97. The first-order chi connectivity index (χ1) is 13.6. The fourth-order valence-electron chi connectivity index (χ4n) is 3.02. The number of hydrogen-bond acceptors (Lipinski definition) is 4. The third-order valence-electron chi connectivity index (χ3n) is 4.71. The third kappa shape index (κ3) is 4.92. The number of nitrogens with one attached hydrogen (secondary N) is 1. The summed E-state index contributed by atoms with van der Waals surface area (Å²) in [6.07, 6.45) is 0.349. The summed E-state index contributed by atoms with van der Waals surface area (Å²) in [5.74, 6) is 1.61. The number of methoxy groups -OCH3 is 2. The molecule has 0 saturated heterocycles. The minimum atomic E-state index is -0.136. The molecule has 4 heteroatoms. The van der Waals surface area contributed by atoms with Gasteiger partial charge in [-0.15, -0.1) is 0 Å². The Morgan fingerprint density at radius 1 is 0.821 bits per heavy atom. The normalized spacial score (nSPS) is 11.5. The van der Waals surface area contributed by atoms with E-state index in [1.54, 1.807) is 26.4 Å². The Labute approximate surface area is 166 Å². The van der Waals surface area contributed by atoms with Crippen molar-refractivity contribution in [2.24, 2.45) is 0 Å². The van der Waals surface area contributed by atoms with E-state index in [0.29, 0.717) is 12.0 Å². The van der Waals surface area contributed by atoms with E-state index >= 15 is 0 Å². The molecule has 28 heavy (non-hydrogen) atoms. The van der Waals surface area contributed by atoms with E-state index in [0.717, 1.165) is 22.7 Å². The van der Waals surface area contributed by atoms with Gasteiger partial charge in [0.1, 0.15) is 11.5 Å². The zero-order chi connectivity index (χ0) is 19.9. The molecule has 0 aromatic heterocycles. The number of rotatable bonds is 8. The average molecular weight is 375 g/mol. The number of carbonyl (C=O) groups excluding carboxylic acids is 1. The number of hydrogen-bond donors (Lipinski definition) is 1. The van der Waals surface area contributed by atoms with Crippen LogP contribution in [0, 0.1) is 6.92 Å². The molecule has 1 N–H and O–H groups in total. The van der Waals surface area contributed by atoms with Crippen LogP contribution in [0.3, 0.4) is 0 Å². The molecule has 0 amide bonds. The SMILES string of the molecule is COc1ccc(NC(CC(=O)c2ccc(OC)cc2)c2ccc(C)cc2)cc1. The second kappa shape index (κ2) is 9.09. The van der Waals surface area contributed by atoms with Crippen LogP contribution in [-0.4, -0.2) is 20.0 Å². The Kier molecular flexibility index (Phi) is 6.33. The Morgan fingerprint density at radius 3 is 1.89 bits per heavy atom. The van der Waals surface area contributed by atoms with Crippen LogP contribution in [-0.2, 0) is 0 Å². The van der Waals surface area contributed by atoms with E-state index in [4.69, 9.17) is 9.47 Å². The molecule has 3 rings (SSSR count). The first-order valence-corrected chi connectivity index (χ1v) is 9.23. The lowest BCUT2D eigenvalue weighted by molar-refractivity contribution is 0.0976. The van der Waals surface area contributed by atoms with Gasteiger partial charge in [0.05, 0.1) is 20.3 Å². The molecule has 0 fully saturated rings. The van der Waals surface area contributed by atoms with Gasteiger partial charge in [0.25, 0.3) is 0 Å². The van der Waals surface area contributed by atoms with Gasteiger partial charge < -0.3 is 14.8 Å². The molecule has 0 aliphatic heterocycles. The van der Waals surface area contributed by atoms with Gasteiger partial charge in [-0.3, -0.25) is 4.79 Å². The highest BCUT2D eigenvalue weighted by atomic mass is 16.5. The van der Waals surface area contributed by atoms with Gasteiger partial charge in [-0.25, -0.2) is 0 Å². The van der Waals surface area contributed by atoms with Gasteiger partial charge >= 0.3 is 0 Å². The number of benzene rings is 3. The van der Waals surface area contributed by atoms with Crippen molar-refractivity contribution in [2.45, 2.75) is 19.4 Å². The summed E-state index contributed by atoms with van der Waals surface area (Å²) >= 11 is 0. The van der Waals surface area contributed by atoms with Crippen LogP contribution < -0.4 is 14.8 Å². The fraction of sp³-hybridized carbons (Fsp3) is 0.208. The van der Waals surface area contributed by atoms with Crippen molar-refractivity contribution < 1.29 is 14.3 Å². The smallest absolute Gasteiger partial charge is 0.165 e. The molecule has 0 spiro atoms. The van der Waals surface area contributed by atoms with Crippen LogP contribution in [0.5, 0.6) is 11.5 Å². The molecule has 0 saturated carbocycles. The highest BCUT2D eigenvalue weighted by molar-refractivity contribution is 5.96. The number of ether oxygens (including phenoxy) is 2. The van der Waals surface area contributed by atoms with Crippen molar-refractivity contribution in [1.29, 1.82) is 0 Å². The van der Waals surface area contributed by atoms with E-state index in [1.807, 2.05) is 36.4 Å². The Morgan fingerprint density at radius 2 is 1.36 bits per heavy atom. The van der Waals surface area contributed by atoms with Crippen molar-refractivity contribution in [3.05, 3.63) is 89.5 Å². The largest absolute Gasteiger partial charge is 0.497 e. The number of aryl methyl sites for hydroxylation is 1. The van der Waals surface area contributed by atoms with Crippen LogP contribution in [0.1, 0.15) is 33.9 Å². The minimum absolute atomic E-state index is 0.0780. The lowest BCUT2D eigenvalue weighted by Crippen LogP contribution is -2.16. The molecule has 4 nitrogen and oxygen atoms in total. The van der Waals surface area contributed by atoms with E-state index in [-0.39, 0.29) is 11.8 Å². The molecule has 0 heterocycles. The molecular weight excluding hydrogens is 350 g/mol. The molecule has 1 atom stereocenters. The number of anilines is 1. The number of ketones is 1. The zero-order valence-corrected chi connectivity index (χ0v) is 16.4. The lowest BCUT2D eigenvalue weighted by Gasteiger charge is -2.20. The summed E-state index contributed by atoms with van der Waals surface area (Å²) in [4.78, 5) is 12.9. The predicted octanol–water partition coefficient (Wildman–Crippen LogP) is 5.44. The topological polar surface area (TPSA) is 47.6 Å². The predicted molar refractivity (Wildman–Crippen MR) is 112 cm³/mol. The van der Waals surface area contributed by atoms with Gasteiger partial charge in [0.15, 0.2) is 5.78 Å². The van der Waals surface area contributed by atoms with E-state index in [1.165, 1.54) is 5.56 Å². The van der Waals surface area contributed by atoms with Crippen molar-refractivity contribution >= 4 is 11.5 Å². The summed E-state index contributed by atoms with van der Waals surface area (Å²) in [7, 11) is 3.26. The maximum Gasteiger partial charge on any atom is 0.165 e. The molecular formula is C24H25NO3. The Hall–Kier alpha value is -3.27. The summed E-state index contributed by atoms with van der Waals surface area (Å²) in [6, 6.07) is 23.1. The van der Waals surface area contributed by atoms with Crippen LogP contribution in [0.25, 0.3) is 0 Å². The quantitative estimate of drug-likeness (QED) is 0.533. The van der Waals surface area contributed by atoms with Gasteiger partial charge in [0, 0.05) is 17.7 Å². The van der Waals surface area contributed by atoms with E-state index < -0.39 is 0 Å². The van der Waals surface area contributed by atoms with Crippen molar-refractivity contribution in [2.75, 3.05) is 19.5 Å². The molecule has 144 valence electrons. The summed E-state index contributed by atoms with van der Waals surface area (Å²) in [5, 5.41) is 3.49. The van der Waals surface area contributed by atoms with Gasteiger partial charge in [-0.1, -0.05) is 29.8 Å². The van der Waals surface area contributed by atoms with Gasteiger partial charge in [-0.05, 0) is 61.0 Å². The molecule has 0 radical (unpaired) electrons. The molecule has 0 aliphatic rings. The van der Waals surface area contributed by atoms with E-state index in [9.17, 15) is 4.79 Å². The summed E-state index contributed by atoms with van der Waals surface area (Å²) in [5.41, 5.74) is 3.88. The third-order valence-corrected chi connectivity index (χ3v) is 4.71. The van der Waals surface area contributed by atoms with Crippen LogP contribution >= 0.6 is 0 Å². The highest BCUT2D eigenvalue weighted by Gasteiger charge is 2.17.